The monoisotopic (exact) mass is 349 g/mol. The highest BCUT2D eigenvalue weighted by Crippen LogP contribution is 2.26. The highest BCUT2D eigenvalue weighted by atomic mass is 16.5. The number of unbranched alkanes of at least 4 members (excludes halogenated alkanes) is 1. The van der Waals surface area contributed by atoms with E-state index >= 15 is 0 Å². The number of piperidine rings is 1. The van der Waals surface area contributed by atoms with E-state index in [9.17, 15) is 0 Å². The predicted molar refractivity (Wildman–Crippen MR) is 102 cm³/mol. The third-order valence-electron chi connectivity index (χ3n) is 4.86. The van der Waals surface area contributed by atoms with E-state index < -0.39 is 0 Å². The van der Waals surface area contributed by atoms with E-state index in [-0.39, 0.29) is 5.60 Å². The minimum absolute atomic E-state index is 0.00578. The first-order valence-corrected chi connectivity index (χ1v) is 9.77. The zero-order chi connectivity index (χ0) is 17.8. The Labute approximate surface area is 153 Å². The maximum absolute atomic E-state index is 6.12. The van der Waals surface area contributed by atoms with Crippen LogP contribution in [0.4, 0.5) is 0 Å². The lowest BCUT2D eigenvalue weighted by Gasteiger charge is -2.39. The quantitative estimate of drug-likeness (QED) is 0.536. The van der Waals surface area contributed by atoms with Gasteiger partial charge in [-0.1, -0.05) is 43.7 Å². The maximum Gasteiger partial charge on any atom is 0.0707 e. The molecule has 1 saturated heterocycles. The molecule has 1 aromatic rings. The van der Waals surface area contributed by atoms with Gasteiger partial charge < -0.3 is 14.2 Å². The molecule has 0 bridgehead atoms. The van der Waals surface area contributed by atoms with Crippen LogP contribution >= 0.6 is 0 Å². The van der Waals surface area contributed by atoms with E-state index in [1.165, 1.54) is 12.0 Å². The van der Waals surface area contributed by atoms with Gasteiger partial charge in [-0.25, -0.2) is 0 Å². The molecule has 1 fully saturated rings. The molecular weight excluding hydrogens is 314 g/mol. The molecule has 0 amide bonds. The molecule has 0 aliphatic carbocycles. The standard InChI is InChI=1S/C21H35NO3/c1-3-4-14-23-15-16-24-17-18-25-21(2)10-12-22(13-11-21)19-20-8-6-5-7-9-20/h5-9H,3-4,10-19H2,1-2H3. The smallest absolute Gasteiger partial charge is 0.0707 e. The summed E-state index contributed by atoms with van der Waals surface area (Å²) in [6.45, 7) is 11.1. The van der Waals surface area contributed by atoms with Crippen molar-refractivity contribution in [1.29, 1.82) is 0 Å². The van der Waals surface area contributed by atoms with Crippen LogP contribution in [0.1, 0.15) is 45.1 Å². The predicted octanol–water partition coefficient (Wildman–Crippen LogP) is 3.89. The number of hydrogen-bond acceptors (Lipinski definition) is 4. The van der Waals surface area contributed by atoms with Gasteiger partial charge in [0.05, 0.1) is 32.0 Å². The lowest BCUT2D eigenvalue weighted by molar-refractivity contribution is -0.0909. The van der Waals surface area contributed by atoms with Gasteiger partial charge in [0.2, 0.25) is 0 Å². The first kappa shape index (κ1) is 20.4. The molecule has 0 N–H and O–H groups in total. The molecule has 0 atom stereocenters. The van der Waals surface area contributed by atoms with Crippen molar-refractivity contribution < 1.29 is 14.2 Å². The van der Waals surface area contributed by atoms with Crippen LogP contribution < -0.4 is 0 Å². The second kappa shape index (κ2) is 11.6. The third kappa shape index (κ3) is 8.32. The third-order valence-corrected chi connectivity index (χ3v) is 4.86. The summed E-state index contributed by atoms with van der Waals surface area (Å²) in [7, 11) is 0. The largest absolute Gasteiger partial charge is 0.379 e. The highest BCUT2D eigenvalue weighted by molar-refractivity contribution is 5.14. The summed E-state index contributed by atoms with van der Waals surface area (Å²) in [4.78, 5) is 2.52. The highest BCUT2D eigenvalue weighted by Gasteiger charge is 2.30. The van der Waals surface area contributed by atoms with Crippen LogP contribution in [-0.2, 0) is 20.8 Å². The van der Waals surface area contributed by atoms with Gasteiger partial charge in [0.15, 0.2) is 0 Å². The Morgan fingerprint density at radius 1 is 0.920 bits per heavy atom. The van der Waals surface area contributed by atoms with Crippen molar-refractivity contribution in [3.63, 3.8) is 0 Å². The topological polar surface area (TPSA) is 30.9 Å². The van der Waals surface area contributed by atoms with Gasteiger partial charge in [-0.15, -0.1) is 0 Å². The second-order valence-electron chi connectivity index (χ2n) is 7.14. The molecule has 0 unspecified atom stereocenters. The van der Waals surface area contributed by atoms with Crippen LogP contribution in [-0.4, -0.2) is 56.6 Å². The fraction of sp³-hybridized carbons (Fsp3) is 0.714. The maximum atomic E-state index is 6.12. The number of likely N-dealkylation sites (tertiary alicyclic amines) is 1. The van der Waals surface area contributed by atoms with Gasteiger partial charge in [0.1, 0.15) is 0 Å². The first-order valence-electron chi connectivity index (χ1n) is 9.77. The normalized spacial score (nSPS) is 17.7. The van der Waals surface area contributed by atoms with E-state index in [1.807, 2.05) is 0 Å². The minimum atomic E-state index is -0.00578. The van der Waals surface area contributed by atoms with Crippen molar-refractivity contribution in [3.8, 4) is 0 Å². The van der Waals surface area contributed by atoms with Gasteiger partial charge in [-0.05, 0) is 31.7 Å². The molecule has 1 aliphatic rings. The Kier molecular flexibility index (Phi) is 9.48. The van der Waals surface area contributed by atoms with Crippen LogP contribution in [0.5, 0.6) is 0 Å². The van der Waals surface area contributed by atoms with Crippen molar-refractivity contribution in [2.75, 3.05) is 46.1 Å². The molecule has 4 nitrogen and oxygen atoms in total. The molecule has 4 heteroatoms. The number of rotatable bonds is 12. The van der Waals surface area contributed by atoms with Gasteiger partial charge in [0, 0.05) is 26.2 Å². The number of benzene rings is 1. The Morgan fingerprint density at radius 3 is 2.24 bits per heavy atom. The van der Waals surface area contributed by atoms with E-state index in [4.69, 9.17) is 14.2 Å². The number of hydrogen-bond donors (Lipinski definition) is 0. The summed E-state index contributed by atoms with van der Waals surface area (Å²) in [6, 6.07) is 10.7. The summed E-state index contributed by atoms with van der Waals surface area (Å²) in [5.41, 5.74) is 1.38. The van der Waals surface area contributed by atoms with Gasteiger partial charge >= 0.3 is 0 Å². The van der Waals surface area contributed by atoms with Crippen LogP contribution in [0, 0.1) is 0 Å². The van der Waals surface area contributed by atoms with Crippen LogP contribution in [0.2, 0.25) is 0 Å². The van der Waals surface area contributed by atoms with Crippen molar-refractivity contribution in [2.45, 2.75) is 51.7 Å². The van der Waals surface area contributed by atoms with Crippen molar-refractivity contribution >= 4 is 0 Å². The number of ether oxygens (including phenoxy) is 3. The summed E-state index contributed by atoms with van der Waals surface area (Å²) in [6.07, 6.45) is 4.47. The van der Waals surface area contributed by atoms with Gasteiger partial charge in [-0.2, -0.15) is 0 Å². The van der Waals surface area contributed by atoms with Gasteiger partial charge in [0.25, 0.3) is 0 Å². The average Bonchev–Trinajstić information content (AvgIpc) is 2.63. The van der Waals surface area contributed by atoms with Crippen molar-refractivity contribution in [3.05, 3.63) is 35.9 Å². The van der Waals surface area contributed by atoms with Crippen LogP contribution in [0.15, 0.2) is 30.3 Å². The average molecular weight is 350 g/mol. The Hall–Kier alpha value is -0.940. The van der Waals surface area contributed by atoms with Crippen molar-refractivity contribution in [1.82, 2.24) is 4.90 Å². The molecule has 1 aromatic carbocycles. The van der Waals surface area contributed by atoms with E-state index in [0.29, 0.717) is 26.4 Å². The molecule has 1 heterocycles. The molecular formula is C21H35NO3. The molecule has 25 heavy (non-hydrogen) atoms. The SMILES string of the molecule is CCCCOCCOCCOC1(C)CCN(Cc2ccccc2)CC1. The molecule has 0 saturated carbocycles. The molecule has 2 rings (SSSR count). The Morgan fingerprint density at radius 2 is 1.56 bits per heavy atom. The summed E-state index contributed by atoms with van der Waals surface area (Å²) in [5, 5.41) is 0. The van der Waals surface area contributed by atoms with Gasteiger partial charge in [-0.3, -0.25) is 4.90 Å². The number of nitrogens with zero attached hydrogens (tertiary/aromatic N) is 1. The molecule has 142 valence electrons. The second-order valence-corrected chi connectivity index (χ2v) is 7.14. The Bertz CT molecular complexity index is 444. The minimum Gasteiger partial charge on any atom is -0.379 e. The van der Waals surface area contributed by atoms with E-state index in [0.717, 1.165) is 45.5 Å². The fourth-order valence-corrected chi connectivity index (χ4v) is 3.09. The molecule has 0 radical (unpaired) electrons. The zero-order valence-corrected chi connectivity index (χ0v) is 16.0. The lowest BCUT2D eigenvalue weighted by Crippen LogP contribution is -2.44. The summed E-state index contributed by atoms with van der Waals surface area (Å²) in [5.74, 6) is 0. The Balaban J connectivity index is 1.52. The zero-order valence-electron chi connectivity index (χ0n) is 16.0. The summed E-state index contributed by atoms with van der Waals surface area (Å²) < 4.78 is 17.2. The van der Waals surface area contributed by atoms with Crippen LogP contribution in [0.3, 0.4) is 0 Å². The summed E-state index contributed by atoms with van der Waals surface area (Å²) >= 11 is 0. The van der Waals surface area contributed by atoms with Crippen LogP contribution in [0.25, 0.3) is 0 Å². The molecule has 0 spiro atoms. The fourth-order valence-electron chi connectivity index (χ4n) is 3.09. The first-order chi connectivity index (χ1) is 12.2. The molecule has 0 aromatic heterocycles. The molecule has 1 aliphatic heterocycles. The van der Waals surface area contributed by atoms with E-state index in [2.05, 4.69) is 49.1 Å². The van der Waals surface area contributed by atoms with E-state index in [1.54, 1.807) is 0 Å². The van der Waals surface area contributed by atoms with Crippen molar-refractivity contribution in [2.24, 2.45) is 0 Å². The lowest BCUT2D eigenvalue weighted by atomic mass is 9.93.